The number of aryl methyl sites for hydroxylation is 1. The van der Waals surface area contributed by atoms with Crippen LogP contribution < -0.4 is 9.96 Å². The molecule has 3 aromatic rings. The summed E-state index contributed by atoms with van der Waals surface area (Å²) in [4.78, 5) is 34.1. The number of carbonyl (C=O) groups is 2. The number of anilines is 2. The molecule has 0 saturated carbocycles. The smallest absolute Gasteiger partial charge is 0.266 e. The molecule has 2 aliphatic rings. The number of hydrogen-bond acceptors (Lipinski definition) is 5. The first-order chi connectivity index (χ1) is 15.1. The van der Waals surface area contributed by atoms with Crippen molar-refractivity contribution < 1.29 is 19.5 Å². The number of phenols is 1. The number of hydroxylamine groups is 1. The lowest BCUT2D eigenvalue weighted by Crippen LogP contribution is -2.37. The Kier molecular flexibility index (Phi) is 4.71. The highest BCUT2D eigenvalue weighted by Crippen LogP contribution is 2.47. The van der Waals surface area contributed by atoms with Gasteiger partial charge in [0.1, 0.15) is 11.7 Å². The van der Waals surface area contributed by atoms with Crippen molar-refractivity contribution in [3.8, 4) is 5.75 Å². The molecule has 6 nitrogen and oxygen atoms in total. The Hall–Kier alpha value is -3.64. The molecule has 0 radical (unpaired) electrons. The van der Waals surface area contributed by atoms with Crippen LogP contribution in [0.3, 0.4) is 0 Å². The standard InChI is InChI=1S/C25H22N2O4/c1-2-16-8-12-18(13-9-16)26-24(29)21-22(17-10-14-20(28)15-11-17)27(31-23(21)25(26)30)19-6-4-3-5-7-19/h3-15,21-23,28H,2H2,1H3/t21-,22+,23-/m1/s1. The Balaban J connectivity index is 1.56. The second-order valence-electron chi connectivity index (χ2n) is 7.78. The fourth-order valence-corrected chi connectivity index (χ4v) is 4.36. The van der Waals surface area contributed by atoms with Crippen molar-refractivity contribution in [3.05, 3.63) is 90.0 Å². The zero-order chi connectivity index (χ0) is 21.5. The first-order valence-corrected chi connectivity index (χ1v) is 10.3. The summed E-state index contributed by atoms with van der Waals surface area (Å²) in [6.45, 7) is 2.06. The normalized spacial score (nSPS) is 22.8. The second-order valence-corrected chi connectivity index (χ2v) is 7.78. The van der Waals surface area contributed by atoms with E-state index < -0.39 is 18.1 Å². The van der Waals surface area contributed by atoms with Gasteiger partial charge in [-0.2, -0.15) is 0 Å². The highest BCUT2D eigenvalue weighted by molar-refractivity contribution is 6.23. The molecular formula is C25H22N2O4. The van der Waals surface area contributed by atoms with Gasteiger partial charge in [-0.3, -0.25) is 14.4 Å². The van der Waals surface area contributed by atoms with E-state index in [-0.39, 0.29) is 17.6 Å². The maximum atomic E-state index is 13.5. The van der Waals surface area contributed by atoms with E-state index in [0.717, 1.165) is 23.2 Å². The number of amides is 2. The number of hydrogen-bond donors (Lipinski definition) is 1. The van der Waals surface area contributed by atoms with Gasteiger partial charge in [-0.25, -0.2) is 9.96 Å². The van der Waals surface area contributed by atoms with E-state index in [1.54, 1.807) is 41.5 Å². The summed E-state index contributed by atoms with van der Waals surface area (Å²) in [6.07, 6.45) is -0.0248. The van der Waals surface area contributed by atoms with Gasteiger partial charge in [-0.1, -0.05) is 49.4 Å². The predicted octanol–water partition coefficient (Wildman–Crippen LogP) is 4.01. The summed E-state index contributed by atoms with van der Waals surface area (Å²) in [5.74, 6) is -1.20. The van der Waals surface area contributed by atoms with Crippen LogP contribution in [0.15, 0.2) is 78.9 Å². The molecule has 3 aromatic carbocycles. The van der Waals surface area contributed by atoms with Crippen molar-refractivity contribution in [1.82, 2.24) is 0 Å². The molecule has 0 aliphatic carbocycles. The molecule has 2 saturated heterocycles. The van der Waals surface area contributed by atoms with Crippen LogP contribution in [-0.4, -0.2) is 23.0 Å². The number of imide groups is 1. The quantitative estimate of drug-likeness (QED) is 0.654. The average Bonchev–Trinajstić information content (AvgIpc) is 3.31. The number of aromatic hydroxyl groups is 1. The van der Waals surface area contributed by atoms with Crippen molar-refractivity contribution in [2.75, 3.05) is 9.96 Å². The van der Waals surface area contributed by atoms with Crippen molar-refractivity contribution in [2.45, 2.75) is 25.5 Å². The summed E-state index contributed by atoms with van der Waals surface area (Å²) in [5.41, 5.74) is 3.24. The van der Waals surface area contributed by atoms with E-state index in [0.29, 0.717) is 5.69 Å². The monoisotopic (exact) mass is 414 g/mol. The second kappa shape index (κ2) is 7.56. The van der Waals surface area contributed by atoms with Crippen molar-refractivity contribution >= 4 is 23.2 Å². The summed E-state index contributed by atoms with van der Waals surface area (Å²) in [5, 5.41) is 11.4. The third kappa shape index (κ3) is 3.16. The van der Waals surface area contributed by atoms with Gasteiger partial charge in [0.15, 0.2) is 6.10 Å². The first kappa shape index (κ1) is 19.3. The van der Waals surface area contributed by atoms with Gasteiger partial charge in [0.05, 0.1) is 17.4 Å². The molecular weight excluding hydrogens is 392 g/mol. The molecule has 31 heavy (non-hydrogen) atoms. The van der Waals surface area contributed by atoms with E-state index in [9.17, 15) is 14.7 Å². The molecule has 0 aromatic heterocycles. The molecule has 156 valence electrons. The third-order valence-corrected chi connectivity index (χ3v) is 5.96. The zero-order valence-corrected chi connectivity index (χ0v) is 17.0. The van der Waals surface area contributed by atoms with E-state index >= 15 is 0 Å². The van der Waals surface area contributed by atoms with Crippen LogP contribution in [0, 0.1) is 5.92 Å². The average molecular weight is 414 g/mol. The summed E-state index contributed by atoms with van der Waals surface area (Å²) < 4.78 is 0. The van der Waals surface area contributed by atoms with Crippen molar-refractivity contribution in [2.24, 2.45) is 5.92 Å². The van der Waals surface area contributed by atoms with E-state index in [2.05, 4.69) is 6.92 Å². The number of para-hydroxylation sites is 1. The van der Waals surface area contributed by atoms with Crippen LogP contribution in [0.1, 0.15) is 24.1 Å². The van der Waals surface area contributed by atoms with Crippen molar-refractivity contribution in [3.63, 3.8) is 0 Å². The Morgan fingerprint density at radius 2 is 1.52 bits per heavy atom. The molecule has 0 bridgehead atoms. The molecule has 2 amide bonds. The lowest BCUT2D eigenvalue weighted by atomic mass is 9.90. The number of benzene rings is 3. The van der Waals surface area contributed by atoms with Crippen LogP contribution in [0.2, 0.25) is 0 Å². The molecule has 1 N–H and O–H groups in total. The van der Waals surface area contributed by atoms with Gasteiger partial charge >= 0.3 is 0 Å². The van der Waals surface area contributed by atoms with Gasteiger partial charge in [0, 0.05) is 0 Å². The summed E-state index contributed by atoms with van der Waals surface area (Å²) in [6, 6.07) is 23.1. The number of carbonyl (C=O) groups excluding carboxylic acids is 2. The highest BCUT2D eigenvalue weighted by atomic mass is 16.7. The molecule has 2 heterocycles. The van der Waals surface area contributed by atoms with E-state index in [1.165, 1.54) is 4.90 Å². The van der Waals surface area contributed by atoms with Gasteiger partial charge in [-0.15, -0.1) is 0 Å². The summed E-state index contributed by atoms with van der Waals surface area (Å²) in [7, 11) is 0. The first-order valence-electron chi connectivity index (χ1n) is 10.3. The molecule has 0 spiro atoms. The largest absolute Gasteiger partial charge is 0.508 e. The molecule has 0 unspecified atom stereocenters. The van der Waals surface area contributed by atoms with Crippen LogP contribution in [0.4, 0.5) is 11.4 Å². The Morgan fingerprint density at radius 1 is 0.839 bits per heavy atom. The molecule has 2 fully saturated rings. The molecule has 5 rings (SSSR count). The number of rotatable bonds is 4. The van der Waals surface area contributed by atoms with Gasteiger partial charge in [0.25, 0.3) is 5.91 Å². The summed E-state index contributed by atoms with van der Waals surface area (Å²) >= 11 is 0. The minimum Gasteiger partial charge on any atom is -0.508 e. The van der Waals surface area contributed by atoms with E-state index in [1.807, 2.05) is 42.5 Å². The maximum Gasteiger partial charge on any atom is 0.266 e. The highest BCUT2D eigenvalue weighted by Gasteiger charge is 2.60. The van der Waals surface area contributed by atoms with Crippen molar-refractivity contribution in [1.29, 1.82) is 0 Å². The number of fused-ring (bicyclic) bond motifs is 1. The van der Waals surface area contributed by atoms with Crippen LogP contribution in [0.5, 0.6) is 5.75 Å². The van der Waals surface area contributed by atoms with Gasteiger partial charge < -0.3 is 5.11 Å². The fourth-order valence-electron chi connectivity index (χ4n) is 4.36. The molecule has 2 aliphatic heterocycles. The fraction of sp³-hybridized carbons (Fsp3) is 0.200. The van der Waals surface area contributed by atoms with Gasteiger partial charge in [0.2, 0.25) is 5.91 Å². The van der Waals surface area contributed by atoms with E-state index in [4.69, 9.17) is 4.84 Å². The Labute approximate surface area is 180 Å². The van der Waals surface area contributed by atoms with Crippen LogP contribution >= 0.6 is 0 Å². The topological polar surface area (TPSA) is 70.1 Å². The Morgan fingerprint density at radius 3 is 2.16 bits per heavy atom. The minimum absolute atomic E-state index is 0.136. The zero-order valence-electron chi connectivity index (χ0n) is 17.0. The van der Waals surface area contributed by atoms with Crippen LogP contribution in [-0.2, 0) is 20.8 Å². The number of phenolic OH excluding ortho intramolecular Hbond substituents is 1. The minimum atomic E-state index is -0.905. The number of nitrogens with zero attached hydrogens (tertiary/aromatic N) is 2. The molecule has 3 atom stereocenters. The third-order valence-electron chi connectivity index (χ3n) is 5.96. The Bertz CT molecular complexity index is 1110. The molecule has 6 heteroatoms. The SMILES string of the molecule is CCc1ccc(N2C(=O)[C@H]3[C@@H](ON(c4ccccc4)[C@H]3c3ccc(O)cc3)C2=O)cc1. The predicted molar refractivity (Wildman–Crippen MR) is 116 cm³/mol. The lowest BCUT2D eigenvalue weighted by molar-refractivity contribution is -0.126. The lowest BCUT2D eigenvalue weighted by Gasteiger charge is -2.28. The maximum absolute atomic E-state index is 13.5. The van der Waals surface area contributed by atoms with Gasteiger partial charge in [-0.05, 0) is 53.9 Å². The van der Waals surface area contributed by atoms with Crippen LogP contribution in [0.25, 0.3) is 0 Å².